The van der Waals surface area contributed by atoms with Crippen molar-refractivity contribution in [3.05, 3.63) is 29.8 Å². The van der Waals surface area contributed by atoms with E-state index in [0.717, 1.165) is 0 Å². The molecular weight excluding hydrogens is 222 g/mol. The highest BCUT2D eigenvalue weighted by Gasteiger charge is 2.20. The summed E-state index contributed by atoms with van der Waals surface area (Å²) in [5, 5.41) is 11.3. The van der Waals surface area contributed by atoms with Crippen molar-refractivity contribution >= 4 is 11.9 Å². The Bertz CT molecular complexity index is 417. The summed E-state index contributed by atoms with van der Waals surface area (Å²) in [6.45, 7) is 1.70. The molecule has 0 bridgehead atoms. The van der Waals surface area contributed by atoms with E-state index < -0.39 is 17.9 Å². The van der Waals surface area contributed by atoms with Crippen LogP contribution in [-0.4, -0.2) is 30.1 Å². The largest absolute Gasteiger partial charge is 0.496 e. The number of methoxy groups -OCH3 is 1. The standard InChI is InChI=1S/C12H15NO4/c1-3-9(12(15)16)13-11(14)8-6-4-5-7-10(8)17-2/h4-7,9H,3H2,1-2H3,(H,13,14)(H,15,16). The van der Waals surface area contributed by atoms with Crippen LogP contribution in [0.5, 0.6) is 5.75 Å². The number of carboxylic acid groups (broad SMARTS) is 1. The van der Waals surface area contributed by atoms with E-state index in [1.807, 2.05) is 0 Å². The number of carbonyl (C=O) groups is 2. The number of hydrogen-bond acceptors (Lipinski definition) is 3. The first-order valence-corrected chi connectivity index (χ1v) is 5.26. The zero-order valence-electron chi connectivity index (χ0n) is 9.77. The first-order valence-electron chi connectivity index (χ1n) is 5.26. The second kappa shape index (κ2) is 5.89. The van der Waals surface area contributed by atoms with Crippen LogP contribution in [0.15, 0.2) is 24.3 Å². The average Bonchev–Trinajstić information content (AvgIpc) is 2.35. The molecule has 0 aliphatic carbocycles. The molecule has 0 saturated heterocycles. The summed E-state index contributed by atoms with van der Waals surface area (Å²) in [5.74, 6) is -1.07. The molecule has 92 valence electrons. The van der Waals surface area contributed by atoms with Crippen LogP contribution in [0.4, 0.5) is 0 Å². The first-order chi connectivity index (χ1) is 8.10. The lowest BCUT2D eigenvalue weighted by atomic mass is 10.1. The minimum Gasteiger partial charge on any atom is -0.496 e. The van der Waals surface area contributed by atoms with E-state index in [4.69, 9.17) is 9.84 Å². The maximum absolute atomic E-state index is 11.8. The minimum atomic E-state index is -1.05. The van der Waals surface area contributed by atoms with E-state index in [2.05, 4.69) is 5.32 Å². The highest BCUT2D eigenvalue weighted by molar-refractivity contribution is 5.98. The Morgan fingerprint density at radius 3 is 2.59 bits per heavy atom. The number of para-hydroxylation sites is 1. The molecule has 1 atom stereocenters. The van der Waals surface area contributed by atoms with Crippen molar-refractivity contribution in [1.29, 1.82) is 0 Å². The van der Waals surface area contributed by atoms with Crippen molar-refractivity contribution in [1.82, 2.24) is 5.32 Å². The van der Waals surface area contributed by atoms with Crippen LogP contribution >= 0.6 is 0 Å². The predicted molar refractivity (Wildman–Crippen MR) is 62.2 cm³/mol. The van der Waals surface area contributed by atoms with Crippen LogP contribution in [0, 0.1) is 0 Å². The molecule has 2 N–H and O–H groups in total. The van der Waals surface area contributed by atoms with Gasteiger partial charge in [0.05, 0.1) is 12.7 Å². The summed E-state index contributed by atoms with van der Waals surface area (Å²) in [6, 6.07) is 5.79. The summed E-state index contributed by atoms with van der Waals surface area (Å²) >= 11 is 0. The fraction of sp³-hybridized carbons (Fsp3) is 0.333. The third kappa shape index (κ3) is 3.21. The number of carbonyl (C=O) groups excluding carboxylic acids is 1. The number of aliphatic carboxylic acids is 1. The Kier molecular flexibility index (Phi) is 4.51. The molecular formula is C12H15NO4. The van der Waals surface area contributed by atoms with Gasteiger partial charge in [0.1, 0.15) is 11.8 Å². The molecule has 0 aliphatic rings. The molecule has 1 aromatic carbocycles. The van der Waals surface area contributed by atoms with Gasteiger partial charge in [-0.3, -0.25) is 4.79 Å². The Hall–Kier alpha value is -2.04. The molecule has 5 nitrogen and oxygen atoms in total. The lowest BCUT2D eigenvalue weighted by Gasteiger charge is -2.13. The van der Waals surface area contributed by atoms with Crippen molar-refractivity contribution in [2.24, 2.45) is 0 Å². The molecule has 1 rings (SSSR count). The quantitative estimate of drug-likeness (QED) is 0.809. The Balaban J connectivity index is 2.86. The smallest absolute Gasteiger partial charge is 0.326 e. The lowest BCUT2D eigenvalue weighted by molar-refractivity contribution is -0.139. The molecule has 0 aromatic heterocycles. The van der Waals surface area contributed by atoms with Gasteiger partial charge in [-0.2, -0.15) is 0 Å². The summed E-state index contributed by atoms with van der Waals surface area (Å²) in [4.78, 5) is 22.6. The summed E-state index contributed by atoms with van der Waals surface area (Å²) in [5.41, 5.74) is 0.328. The van der Waals surface area contributed by atoms with Gasteiger partial charge in [0.2, 0.25) is 0 Å². The van der Waals surface area contributed by atoms with Gasteiger partial charge in [-0.1, -0.05) is 19.1 Å². The number of hydrogen-bond donors (Lipinski definition) is 2. The van der Waals surface area contributed by atoms with Crippen molar-refractivity contribution in [3.8, 4) is 5.75 Å². The van der Waals surface area contributed by atoms with E-state index in [1.165, 1.54) is 7.11 Å². The van der Waals surface area contributed by atoms with Gasteiger partial charge in [-0.25, -0.2) is 4.79 Å². The van der Waals surface area contributed by atoms with E-state index >= 15 is 0 Å². The average molecular weight is 237 g/mol. The number of nitrogens with one attached hydrogen (secondary N) is 1. The van der Waals surface area contributed by atoms with E-state index in [0.29, 0.717) is 17.7 Å². The first kappa shape index (κ1) is 13.0. The molecule has 0 radical (unpaired) electrons. The monoisotopic (exact) mass is 237 g/mol. The minimum absolute atomic E-state index is 0.328. The normalized spacial score (nSPS) is 11.6. The number of ether oxygens (including phenoxy) is 1. The summed E-state index contributed by atoms with van der Waals surface area (Å²) in [7, 11) is 1.46. The topological polar surface area (TPSA) is 75.6 Å². The number of rotatable bonds is 5. The van der Waals surface area contributed by atoms with Gasteiger partial charge >= 0.3 is 5.97 Å². The third-order valence-corrected chi connectivity index (χ3v) is 2.36. The highest BCUT2D eigenvalue weighted by Crippen LogP contribution is 2.17. The van der Waals surface area contributed by atoms with Crippen molar-refractivity contribution in [2.45, 2.75) is 19.4 Å². The molecule has 17 heavy (non-hydrogen) atoms. The Morgan fingerprint density at radius 2 is 2.06 bits per heavy atom. The molecule has 0 spiro atoms. The molecule has 1 amide bonds. The molecule has 0 fully saturated rings. The van der Waals surface area contributed by atoms with E-state index in [9.17, 15) is 9.59 Å². The van der Waals surface area contributed by atoms with Crippen LogP contribution in [0.25, 0.3) is 0 Å². The molecule has 0 saturated carbocycles. The van der Waals surface area contributed by atoms with E-state index in [1.54, 1.807) is 31.2 Å². The number of benzene rings is 1. The predicted octanol–water partition coefficient (Wildman–Crippen LogP) is 1.29. The van der Waals surface area contributed by atoms with Gasteiger partial charge in [0.15, 0.2) is 0 Å². The molecule has 1 aromatic rings. The maximum atomic E-state index is 11.8. The Labute approximate surface area is 99.4 Å². The fourth-order valence-electron chi connectivity index (χ4n) is 1.41. The lowest BCUT2D eigenvalue weighted by Crippen LogP contribution is -2.40. The van der Waals surface area contributed by atoms with Crippen LogP contribution in [0.3, 0.4) is 0 Å². The van der Waals surface area contributed by atoms with Gasteiger partial charge in [-0.05, 0) is 18.6 Å². The summed E-state index contributed by atoms with van der Waals surface area (Å²) < 4.78 is 5.03. The van der Waals surface area contributed by atoms with Gasteiger partial charge in [0, 0.05) is 0 Å². The summed E-state index contributed by atoms with van der Waals surface area (Å²) in [6.07, 6.45) is 0.330. The molecule has 0 aliphatic heterocycles. The second-order valence-corrected chi connectivity index (χ2v) is 3.47. The van der Waals surface area contributed by atoms with Gasteiger partial charge < -0.3 is 15.2 Å². The third-order valence-electron chi connectivity index (χ3n) is 2.36. The van der Waals surface area contributed by atoms with E-state index in [-0.39, 0.29) is 0 Å². The second-order valence-electron chi connectivity index (χ2n) is 3.47. The zero-order chi connectivity index (χ0) is 12.8. The van der Waals surface area contributed by atoms with Crippen LogP contribution in [0.1, 0.15) is 23.7 Å². The zero-order valence-corrected chi connectivity index (χ0v) is 9.77. The van der Waals surface area contributed by atoms with Crippen LogP contribution in [-0.2, 0) is 4.79 Å². The molecule has 1 unspecified atom stereocenters. The van der Waals surface area contributed by atoms with Crippen molar-refractivity contribution < 1.29 is 19.4 Å². The van der Waals surface area contributed by atoms with Crippen molar-refractivity contribution in [2.75, 3.05) is 7.11 Å². The molecule has 0 heterocycles. The van der Waals surface area contributed by atoms with Gasteiger partial charge in [0.25, 0.3) is 5.91 Å². The van der Waals surface area contributed by atoms with Crippen LogP contribution < -0.4 is 10.1 Å². The van der Waals surface area contributed by atoms with Crippen LogP contribution in [0.2, 0.25) is 0 Å². The fourth-order valence-corrected chi connectivity index (χ4v) is 1.41. The Morgan fingerprint density at radius 1 is 1.41 bits per heavy atom. The maximum Gasteiger partial charge on any atom is 0.326 e. The number of amides is 1. The SMILES string of the molecule is CCC(NC(=O)c1ccccc1OC)C(=O)O. The number of carboxylic acids is 1. The highest BCUT2D eigenvalue weighted by atomic mass is 16.5. The van der Waals surface area contributed by atoms with Gasteiger partial charge in [-0.15, -0.1) is 0 Å². The molecule has 5 heteroatoms. The van der Waals surface area contributed by atoms with Crippen molar-refractivity contribution in [3.63, 3.8) is 0 Å².